The van der Waals surface area contributed by atoms with Gasteiger partial charge in [0.1, 0.15) is 5.75 Å². The van der Waals surface area contributed by atoms with Gasteiger partial charge in [0.2, 0.25) is 0 Å². The Labute approximate surface area is 158 Å². The molecule has 0 aromatic heterocycles. The van der Waals surface area contributed by atoms with Gasteiger partial charge in [0, 0.05) is 29.2 Å². The van der Waals surface area contributed by atoms with Gasteiger partial charge in [0.25, 0.3) is 5.91 Å². The van der Waals surface area contributed by atoms with Crippen molar-refractivity contribution < 1.29 is 14.3 Å². The molecule has 0 bridgehead atoms. The number of carbonyl (C=O) groups is 1. The van der Waals surface area contributed by atoms with E-state index in [0.29, 0.717) is 12.7 Å². The van der Waals surface area contributed by atoms with Crippen molar-refractivity contribution in [1.29, 1.82) is 0 Å². The van der Waals surface area contributed by atoms with Crippen molar-refractivity contribution in [2.45, 2.75) is 36.3 Å². The summed E-state index contributed by atoms with van der Waals surface area (Å²) in [5.41, 5.74) is 1.79. The first-order chi connectivity index (χ1) is 12.8. The van der Waals surface area contributed by atoms with Gasteiger partial charge < -0.3 is 14.8 Å². The van der Waals surface area contributed by atoms with E-state index in [2.05, 4.69) is 5.32 Å². The molecule has 0 unspecified atom stereocenters. The first kappa shape index (κ1) is 17.4. The normalized spacial score (nSPS) is 21.7. The van der Waals surface area contributed by atoms with Gasteiger partial charge in [0.15, 0.2) is 0 Å². The van der Waals surface area contributed by atoms with Crippen molar-refractivity contribution in [3.63, 3.8) is 0 Å². The maximum Gasteiger partial charge on any atom is 0.252 e. The van der Waals surface area contributed by atoms with Gasteiger partial charge in [0.05, 0.1) is 24.3 Å². The molecule has 2 heterocycles. The second-order valence-corrected chi connectivity index (χ2v) is 7.71. The molecule has 1 amide bonds. The predicted octanol–water partition coefficient (Wildman–Crippen LogP) is 4.21. The number of thioether (sulfide) groups is 1. The van der Waals surface area contributed by atoms with E-state index in [1.807, 2.05) is 48.5 Å². The molecule has 0 spiro atoms. The summed E-state index contributed by atoms with van der Waals surface area (Å²) in [5.74, 6) is 1.73. The molecule has 4 nitrogen and oxygen atoms in total. The van der Waals surface area contributed by atoms with Gasteiger partial charge in [-0.2, -0.15) is 0 Å². The molecule has 1 fully saturated rings. The second-order valence-electron chi connectivity index (χ2n) is 6.64. The van der Waals surface area contributed by atoms with Crippen LogP contribution in [0.25, 0.3) is 0 Å². The Morgan fingerprint density at radius 3 is 2.81 bits per heavy atom. The molecule has 2 aromatic rings. The van der Waals surface area contributed by atoms with Crippen LogP contribution >= 0.6 is 11.8 Å². The highest BCUT2D eigenvalue weighted by Crippen LogP contribution is 2.32. The topological polar surface area (TPSA) is 47.6 Å². The molecule has 0 radical (unpaired) electrons. The summed E-state index contributed by atoms with van der Waals surface area (Å²) in [7, 11) is 0. The minimum Gasteiger partial charge on any atom is -0.493 e. The molecule has 136 valence electrons. The van der Waals surface area contributed by atoms with Crippen molar-refractivity contribution in [3.05, 3.63) is 59.7 Å². The quantitative estimate of drug-likeness (QED) is 0.802. The second kappa shape index (κ2) is 8.14. The molecule has 2 atom stereocenters. The molecule has 0 aliphatic carbocycles. The highest BCUT2D eigenvalue weighted by Gasteiger charge is 2.24. The Kier molecular flexibility index (Phi) is 5.46. The summed E-state index contributed by atoms with van der Waals surface area (Å²) in [5, 5.41) is 3.20. The summed E-state index contributed by atoms with van der Waals surface area (Å²) < 4.78 is 11.4. The molecule has 4 rings (SSSR count). The Bertz CT molecular complexity index is 773. The molecule has 2 aliphatic rings. The van der Waals surface area contributed by atoms with Crippen molar-refractivity contribution in [2.24, 2.45) is 0 Å². The standard InChI is InChI=1S/C21H23NO3S/c23-21(22-18-11-13-25-19-9-3-1-7-16(18)19)17-8-2-4-10-20(17)26-14-15-6-5-12-24-15/h1-4,7-10,15,18H,5-6,11-14H2,(H,22,23)/t15-,18-/m1/s1. The molecular formula is C21H23NO3S. The molecule has 1 saturated heterocycles. The largest absolute Gasteiger partial charge is 0.493 e. The first-order valence-corrected chi connectivity index (χ1v) is 10.2. The zero-order valence-corrected chi connectivity index (χ0v) is 15.5. The van der Waals surface area contributed by atoms with Crippen molar-refractivity contribution in [3.8, 4) is 5.75 Å². The number of nitrogens with one attached hydrogen (secondary N) is 1. The Morgan fingerprint density at radius 1 is 1.08 bits per heavy atom. The van der Waals surface area contributed by atoms with Gasteiger partial charge in [-0.05, 0) is 31.0 Å². The number of amides is 1. The summed E-state index contributed by atoms with van der Waals surface area (Å²) in [6.45, 7) is 1.48. The third-order valence-corrected chi connectivity index (χ3v) is 6.05. The molecule has 2 aliphatic heterocycles. The third kappa shape index (κ3) is 3.89. The highest BCUT2D eigenvalue weighted by molar-refractivity contribution is 7.99. The summed E-state index contributed by atoms with van der Waals surface area (Å²) in [6, 6.07) is 15.7. The van der Waals surface area contributed by atoms with Crippen LogP contribution in [-0.2, 0) is 4.74 Å². The SMILES string of the molecule is O=C(N[C@@H]1CCOc2ccccc21)c1ccccc1SC[C@H]1CCCO1. The fourth-order valence-electron chi connectivity index (χ4n) is 3.47. The number of rotatable bonds is 5. The van der Waals surface area contributed by atoms with E-state index in [0.717, 1.165) is 53.4 Å². The number of ether oxygens (including phenoxy) is 2. The lowest BCUT2D eigenvalue weighted by Gasteiger charge is -2.27. The highest BCUT2D eigenvalue weighted by atomic mass is 32.2. The first-order valence-electron chi connectivity index (χ1n) is 9.17. The molecule has 26 heavy (non-hydrogen) atoms. The van der Waals surface area contributed by atoms with Gasteiger partial charge in [-0.1, -0.05) is 30.3 Å². The minimum atomic E-state index is -0.0258. The zero-order chi connectivity index (χ0) is 17.8. The van der Waals surface area contributed by atoms with Crippen molar-refractivity contribution >= 4 is 17.7 Å². The zero-order valence-electron chi connectivity index (χ0n) is 14.6. The van der Waals surface area contributed by atoms with E-state index in [1.54, 1.807) is 11.8 Å². The van der Waals surface area contributed by atoms with E-state index in [-0.39, 0.29) is 11.9 Å². The van der Waals surface area contributed by atoms with Crippen LogP contribution < -0.4 is 10.1 Å². The number of para-hydroxylation sites is 1. The number of hydrogen-bond acceptors (Lipinski definition) is 4. The van der Waals surface area contributed by atoms with E-state index in [1.165, 1.54) is 0 Å². The average Bonchev–Trinajstić information content (AvgIpc) is 3.20. The van der Waals surface area contributed by atoms with Crippen LogP contribution in [0.15, 0.2) is 53.4 Å². The van der Waals surface area contributed by atoms with Crippen LogP contribution in [0.4, 0.5) is 0 Å². The van der Waals surface area contributed by atoms with Crippen LogP contribution in [0.3, 0.4) is 0 Å². The van der Waals surface area contributed by atoms with Crippen LogP contribution in [-0.4, -0.2) is 31.0 Å². The average molecular weight is 369 g/mol. The smallest absolute Gasteiger partial charge is 0.252 e. The van der Waals surface area contributed by atoms with Gasteiger partial charge in [-0.3, -0.25) is 4.79 Å². The van der Waals surface area contributed by atoms with Crippen LogP contribution in [0.1, 0.15) is 41.2 Å². The Balaban J connectivity index is 1.47. The maximum atomic E-state index is 12.9. The molecule has 2 aromatic carbocycles. The summed E-state index contributed by atoms with van der Waals surface area (Å²) >= 11 is 1.71. The lowest BCUT2D eigenvalue weighted by Crippen LogP contribution is -2.32. The number of fused-ring (bicyclic) bond motifs is 1. The molecular weight excluding hydrogens is 346 g/mol. The fraction of sp³-hybridized carbons (Fsp3) is 0.381. The summed E-state index contributed by atoms with van der Waals surface area (Å²) in [6.07, 6.45) is 3.34. The fourth-order valence-corrected chi connectivity index (χ4v) is 4.59. The molecule has 0 saturated carbocycles. The van der Waals surface area contributed by atoms with E-state index < -0.39 is 0 Å². The van der Waals surface area contributed by atoms with E-state index in [4.69, 9.17) is 9.47 Å². The minimum absolute atomic E-state index is 0.0105. The number of carbonyl (C=O) groups excluding carboxylic acids is 1. The van der Waals surface area contributed by atoms with Crippen LogP contribution in [0.2, 0.25) is 0 Å². The van der Waals surface area contributed by atoms with Gasteiger partial charge >= 0.3 is 0 Å². The monoisotopic (exact) mass is 369 g/mol. The van der Waals surface area contributed by atoms with Crippen LogP contribution in [0.5, 0.6) is 5.75 Å². The lowest BCUT2D eigenvalue weighted by atomic mass is 10.00. The molecule has 1 N–H and O–H groups in total. The van der Waals surface area contributed by atoms with E-state index in [9.17, 15) is 4.79 Å². The van der Waals surface area contributed by atoms with Gasteiger partial charge in [-0.15, -0.1) is 11.8 Å². The van der Waals surface area contributed by atoms with Gasteiger partial charge in [-0.25, -0.2) is 0 Å². The number of benzene rings is 2. The Hall–Kier alpha value is -1.98. The lowest BCUT2D eigenvalue weighted by molar-refractivity contribution is 0.0921. The van der Waals surface area contributed by atoms with E-state index >= 15 is 0 Å². The Morgan fingerprint density at radius 2 is 1.92 bits per heavy atom. The maximum absolute atomic E-state index is 12.9. The molecule has 5 heteroatoms. The van der Waals surface area contributed by atoms with Crippen molar-refractivity contribution in [1.82, 2.24) is 5.32 Å². The third-order valence-electron chi connectivity index (χ3n) is 4.84. The number of hydrogen-bond donors (Lipinski definition) is 1. The van der Waals surface area contributed by atoms with Crippen molar-refractivity contribution in [2.75, 3.05) is 19.0 Å². The summed E-state index contributed by atoms with van der Waals surface area (Å²) in [4.78, 5) is 14.0. The van der Waals surface area contributed by atoms with Crippen LogP contribution in [0, 0.1) is 0 Å². The predicted molar refractivity (Wildman–Crippen MR) is 103 cm³/mol.